The first-order chi connectivity index (χ1) is 8.47. The van der Waals surface area contributed by atoms with Crippen molar-refractivity contribution in [3.05, 3.63) is 34.9 Å². The van der Waals surface area contributed by atoms with Gasteiger partial charge in [-0.2, -0.15) is 0 Å². The Hall–Kier alpha value is -1.78. The molecule has 0 saturated carbocycles. The number of hydrogen-bond acceptors (Lipinski definition) is 3. The summed E-state index contributed by atoms with van der Waals surface area (Å²) in [7, 11) is 0. The van der Waals surface area contributed by atoms with Gasteiger partial charge in [0, 0.05) is 12.0 Å². The second-order valence-electron chi connectivity index (χ2n) is 3.77. The summed E-state index contributed by atoms with van der Waals surface area (Å²) in [4.78, 5) is 22.8. The Morgan fingerprint density at radius 3 is 2.50 bits per heavy atom. The smallest absolute Gasteiger partial charge is 0.338 e. The number of carbonyl (C=O) groups is 2. The minimum Gasteiger partial charge on any atom is -0.462 e. The first kappa shape index (κ1) is 14.3. The second kappa shape index (κ2) is 6.23. The maximum atomic E-state index is 12.8. The third-order valence-corrected chi connectivity index (χ3v) is 2.37. The van der Waals surface area contributed by atoms with Crippen LogP contribution in [-0.2, 0) is 16.0 Å². The summed E-state index contributed by atoms with van der Waals surface area (Å²) in [6.45, 7) is 3.06. The van der Waals surface area contributed by atoms with Crippen molar-refractivity contribution in [3.8, 4) is 0 Å². The van der Waals surface area contributed by atoms with Gasteiger partial charge in [0.15, 0.2) is 0 Å². The fourth-order valence-corrected chi connectivity index (χ4v) is 1.66. The lowest BCUT2D eigenvalue weighted by Gasteiger charge is -2.12. The van der Waals surface area contributed by atoms with E-state index in [4.69, 9.17) is 4.74 Å². The summed E-state index contributed by atoms with van der Waals surface area (Å²) >= 11 is 0. The molecule has 0 saturated heterocycles. The highest BCUT2D eigenvalue weighted by Gasteiger charge is 2.21. The van der Waals surface area contributed by atoms with Gasteiger partial charge in [-0.25, -0.2) is 13.6 Å². The molecular formula is C13H14F2O3. The first-order valence-electron chi connectivity index (χ1n) is 5.53. The number of hydrogen-bond donors (Lipinski definition) is 0. The zero-order valence-electron chi connectivity index (χ0n) is 10.2. The van der Waals surface area contributed by atoms with Crippen LogP contribution in [0.5, 0.6) is 0 Å². The van der Waals surface area contributed by atoms with Crippen LogP contribution in [0.2, 0.25) is 0 Å². The molecule has 0 amide bonds. The van der Waals surface area contributed by atoms with Gasteiger partial charge in [-0.1, -0.05) is 12.1 Å². The zero-order valence-corrected chi connectivity index (χ0v) is 10.2. The van der Waals surface area contributed by atoms with Crippen LogP contribution in [0.15, 0.2) is 18.2 Å². The van der Waals surface area contributed by atoms with E-state index in [1.165, 1.54) is 25.1 Å². The average Bonchev–Trinajstić information content (AvgIpc) is 2.28. The van der Waals surface area contributed by atoms with E-state index in [9.17, 15) is 18.4 Å². The zero-order chi connectivity index (χ0) is 13.7. The fourth-order valence-electron chi connectivity index (χ4n) is 1.66. The van der Waals surface area contributed by atoms with Gasteiger partial charge in [0.05, 0.1) is 12.2 Å². The van der Waals surface area contributed by atoms with Gasteiger partial charge in [0.25, 0.3) is 6.43 Å². The molecule has 3 nitrogen and oxygen atoms in total. The van der Waals surface area contributed by atoms with Crippen LogP contribution in [0.25, 0.3) is 0 Å². The van der Waals surface area contributed by atoms with Crippen molar-refractivity contribution in [2.24, 2.45) is 0 Å². The van der Waals surface area contributed by atoms with Crippen molar-refractivity contribution < 1.29 is 23.1 Å². The van der Waals surface area contributed by atoms with Gasteiger partial charge >= 0.3 is 5.97 Å². The molecule has 0 unspecified atom stereocenters. The highest BCUT2D eigenvalue weighted by atomic mass is 19.3. The summed E-state index contributed by atoms with van der Waals surface area (Å²) in [5.74, 6) is -0.968. The van der Waals surface area contributed by atoms with Crippen molar-refractivity contribution in [2.75, 3.05) is 6.61 Å². The highest BCUT2D eigenvalue weighted by molar-refractivity contribution is 5.93. The molecule has 18 heavy (non-hydrogen) atoms. The van der Waals surface area contributed by atoms with Crippen LogP contribution in [-0.4, -0.2) is 18.4 Å². The van der Waals surface area contributed by atoms with Crippen molar-refractivity contribution >= 4 is 11.8 Å². The standard InChI is InChI=1S/C13H14F2O3/c1-3-18-13(17)10-6-4-5-9(12(14)15)11(10)7-8(2)16/h4-6,12H,3,7H2,1-2H3. The Bertz CT molecular complexity index is 456. The maximum absolute atomic E-state index is 12.8. The lowest BCUT2D eigenvalue weighted by atomic mass is 9.97. The van der Waals surface area contributed by atoms with Crippen molar-refractivity contribution in [1.82, 2.24) is 0 Å². The molecule has 0 spiro atoms. The second-order valence-corrected chi connectivity index (χ2v) is 3.77. The van der Waals surface area contributed by atoms with Crippen molar-refractivity contribution in [2.45, 2.75) is 26.7 Å². The molecule has 0 aliphatic heterocycles. The van der Waals surface area contributed by atoms with Crippen molar-refractivity contribution in [3.63, 3.8) is 0 Å². The monoisotopic (exact) mass is 256 g/mol. The molecule has 0 N–H and O–H groups in total. The molecule has 0 aliphatic rings. The summed E-state index contributed by atoms with van der Waals surface area (Å²) in [5, 5.41) is 0. The minimum absolute atomic E-state index is 0.0323. The first-order valence-corrected chi connectivity index (χ1v) is 5.53. The number of carbonyl (C=O) groups excluding carboxylic acids is 2. The average molecular weight is 256 g/mol. The molecule has 1 rings (SSSR count). The van der Waals surface area contributed by atoms with E-state index >= 15 is 0 Å². The summed E-state index contributed by atoms with van der Waals surface area (Å²) in [6, 6.07) is 3.96. The van der Waals surface area contributed by atoms with Crippen LogP contribution >= 0.6 is 0 Å². The Labute approximate surface area is 104 Å². The quantitative estimate of drug-likeness (QED) is 0.761. The maximum Gasteiger partial charge on any atom is 0.338 e. The molecule has 1 aromatic carbocycles. The van der Waals surface area contributed by atoms with E-state index in [0.29, 0.717) is 0 Å². The van der Waals surface area contributed by atoms with Gasteiger partial charge in [0.2, 0.25) is 0 Å². The van der Waals surface area contributed by atoms with Crippen LogP contribution in [0.1, 0.15) is 41.8 Å². The van der Waals surface area contributed by atoms with Crippen LogP contribution in [0.3, 0.4) is 0 Å². The Morgan fingerprint density at radius 1 is 1.33 bits per heavy atom. The molecule has 5 heteroatoms. The molecule has 0 aromatic heterocycles. The van der Waals surface area contributed by atoms with Crippen LogP contribution in [0.4, 0.5) is 8.78 Å². The van der Waals surface area contributed by atoms with Gasteiger partial charge in [-0.15, -0.1) is 0 Å². The van der Waals surface area contributed by atoms with Gasteiger partial charge in [-0.05, 0) is 25.5 Å². The molecular weight excluding hydrogens is 242 g/mol. The highest BCUT2D eigenvalue weighted by Crippen LogP contribution is 2.26. The SMILES string of the molecule is CCOC(=O)c1cccc(C(F)F)c1CC(C)=O. The van der Waals surface area contributed by atoms with E-state index in [1.54, 1.807) is 6.92 Å². The molecule has 0 atom stereocenters. The normalized spacial score (nSPS) is 10.5. The largest absolute Gasteiger partial charge is 0.462 e. The van der Waals surface area contributed by atoms with Gasteiger partial charge in [-0.3, -0.25) is 4.79 Å². The lowest BCUT2D eigenvalue weighted by molar-refractivity contribution is -0.116. The fraction of sp³-hybridized carbons (Fsp3) is 0.385. The topological polar surface area (TPSA) is 43.4 Å². The molecule has 0 radical (unpaired) electrons. The van der Waals surface area contributed by atoms with Crippen LogP contribution < -0.4 is 0 Å². The Balaban J connectivity index is 3.27. The minimum atomic E-state index is -2.73. The number of benzene rings is 1. The molecule has 0 fully saturated rings. The number of esters is 1. The summed E-state index contributed by atoms with van der Waals surface area (Å²) in [6.07, 6.45) is -2.93. The molecule has 1 aromatic rings. The molecule has 0 aliphatic carbocycles. The van der Waals surface area contributed by atoms with Gasteiger partial charge < -0.3 is 4.74 Å². The summed E-state index contributed by atoms with van der Waals surface area (Å²) < 4.78 is 30.5. The molecule has 98 valence electrons. The lowest BCUT2D eigenvalue weighted by Crippen LogP contribution is -2.12. The van der Waals surface area contributed by atoms with Crippen LogP contribution in [0, 0.1) is 0 Å². The molecule has 0 bridgehead atoms. The predicted octanol–water partition coefficient (Wildman–Crippen LogP) is 2.93. The Kier molecular flexibility index (Phi) is 4.95. The molecule has 0 heterocycles. The third kappa shape index (κ3) is 3.35. The van der Waals surface area contributed by atoms with E-state index in [2.05, 4.69) is 0 Å². The van der Waals surface area contributed by atoms with E-state index in [0.717, 1.165) is 0 Å². The number of halogens is 2. The van der Waals surface area contributed by atoms with Crippen molar-refractivity contribution in [1.29, 1.82) is 0 Å². The number of ether oxygens (including phenoxy) is 1. The number of ketones is 1. The Morgan fingerprint density at radius 2 is 2.00 bits per heavy atom. The van der Waals surface area contributed by atoms with E-state index < -0.39 is 12.4 Å². The number of rotatable bonds is 5. The number of Topliss-reactive ketones (excluding diaryl/α,β-unsaturated/α-hetero) is 1. The van der Waals surface area contributed by atoms with Gasteiger partial charge in [0.1, 0.15) is 5.78 Å². The third-order valence-electron chi connectivity index (χ3n) is 2.37. The number of alkyl halides is 2. The van der Waals surface area contributed by atoms with E-state index in [-0.39, 0.29) is 35.5 Å². The summed E-state index contributed by atoms with van der Waals surface area (Å²) in [5.41, 5.74) is -0.209. The predicted molar refractivity (Wildman–Crippen MR) is 61.7 cm³/mol. The van der Waals surface area contributed by atoms with E-state index in [1.807, 2.05) is 0 Å².